The van der Waals surface area contributed by atoms with Gasteiger partial charge in [-0.3, -0.25) is 0 Å². The molecule has 0 atom stereocenters. The largest absolute Gasteiger partial charge is 0.335 e. The standard InChI is InChI=1S/C14H13FN2/c15-13-4-5-14-11(8-13)2-3-12(14)9-17-7-1-6-16-10-17/h1,4-6,8-10H,2-3,7H2/b12-9+. The fraction of sp³-hybridized carbons (Fsp3) is 0.214. The minimum atomic E-state index is -0.146. The van der Waals surface area contributed by atoms with Crippen LogP contribution < -0.4 is 0 Å². The van der Waals surface area contributed by atoms with Crippen molar-refractivity contribution in [3.63, 3.8) is 0 Å². The highest BCUT2D eigenvalue weighted by molar-refractivity contribution is 5.74. The molecule has 17 heavy (non-hydrogen) atoms. The van der Waals surface area contributed by atoms with E-state index in [1.54, 1.807) is 12.3 Å². The summed E-state index contributed by atoms with van der Waals surface area (Å²) >= 11 is 0. The Kier molecular flexibility index (Phi) is 2.52. The third-order valence-corrected chi connectivity index (χ3v) is 3.12. The van der Waals surface area contributed by atoms with Crippen LogP contribution in [0, 0.1) is 5.82 Å². The van der Waals surface area contributed by atoms with E-state index in [0.29, 0.717) is 0 Å². The summed E-state index contributed by atoms with van der Waals surface area (Å²) in [5, 5.41) is 0. The number of hydrogen-bond acceptors (Lipinski definition) is 2. The van der Waals surface area contributed by atoms with Crippen molar-refractivity contribution in [1.82, 2.24) is 4.90 Å². The molecule has 1 aliphatic carbocycles. The van der Waals surface area contributed by atoms with Crippen molar-refractivity contribution in [2.75, 3.05) is 6.54 Å². The summed E-state index contributed by atoms with van der Waals surface area (Å²) in [6.07, 6.45) is 9.64. The van der Waals surface area contributed by atoms with E-state index in [1.807, 2.05) is 23.4 Å². The first-order valence-electron chi connectivity index (χ1n) is 5.76. The Morgan fingerprint density at radius 3 is 3.06 bits per heavy atom. The molecule has 1 heterocycles. The van der Waals surface area contributed by atoms with E-state index >= 15 is 0 Å². The normalized spacial score (nSPS) is 20.1. The Bertz CT molecular complexity index is 529. The van der Waals surface area contributed by atoms with Crippen LogP contribution in [-0.2, 0) is 6.42 Å². The van der Waals surface area contributed by atoms with Gasteiger partial charge in [-0.25, -0.2) is 9.38 Å². The molecule has 0 saturated carbocycles. The number of halogens is 1. The fourth-order valence-corrected chi connectivity index (χ4v) is 2.31. The van der Waals surface area contributed by atoms with Crippen molar-refractivity contribution in [2.24, 2.45) is 4.99 Å². The van der Waals surface area contributed by atoms with E-state index in [2.05, 4.69) is 11.2 Å². The monoisotopic (exact) mass is 228 g/mol. The topological polar surface area (TPSA) is 15.6 Å². The highest BCUT2D eigenvalue weighted by Crippen LogP contribution is 2.32. The smallest absolute Gasteiger partial charge is 0.123 e. The molecule has 1 aromatic carbocycles. The quantitative estimate of drug-likeness (QED) is 0.721. The van der Waals surface area contributed by atoms with Crippen LogP contribution in [0.4, 0.5) is 4.39 Å². The van der Waals surface area contributed by atoms with Gasteiger partial charge in [0.15, 0.2) is 0 Å². The van der Waals surface area contributed by atoms with Crippen molar-refractivity contribution in [3.05, 3.63) is 53.6 Å². The number of aryl methyl sites for hydroxylation is 1. The van der Waals surface area contributed by atoms with E-state index in [-0.39, 0.29) is 5.82 Å². The predicted molar refractivity (Wildman–Crippen MR) is 67.0 cm³/mol. The van der Waals surface area contributed by atoms with Crippen LogP contribution in [0.5, 0.6) is 0 Å². The van der Waals surface area contributed by atoms with E-state index in [0.717, 1.165) is 24.9 Å². The van der Waals surface area contributed by atoms with E-state index in [9.17, 15) is 4.39 Å². The molecule has 86 valence electrons. The average molecular weight is 228 g/mol. The van der Waals surface area contributed by atoms with Gasteiger partial charge in [0, 0.05) is 18.9 Å². The Hall–Kier alpha value is -1.90. The molecule has 0 saturated heterocycles. The second-order valence-corrected chi connectivity index (χ2v) is 4.30. The summed E-state index contributed by atoms with van der Waals surface area (Å²) in [7, 11) is 0. The second kappa shape index (κ2) is 4.17. The molecule has 0 N–H and O–H groups in total. The van der Waals surface area contributed by atoms with Gasteiger partial charge in [0.2, 0.25) is 0 Å². The Morgan fingerprint density at radius 2 is 2.24 bits per heavy atom. The molecule has 0 amide bonds. The SMILES string of the molecule is Fc1ccc2c(c1)CC/C2=C\N1C=NC=CC1. The van der Waals surface area contributed by atoms with Crippen molar-refractivity contribution >= 4 is 11.9 Å². The zero-order valence-corrected chi connectivity index (χ0v) is 9.44. The van der Waals surface area contributed by atoms with Crippen LogP contribution >= 0.6 is 0 Å². The van der Waals surface area contributed by atoms with Gasteiger partial charge in [0.1, 0.15) is 5.82 Å². The summed E-state index contributed by atoms with van der Waals surface area (Å²) in [6, 6.07) is 5.04. The van der Waals surface area contributed by atoms with Crippen molar-refractivity contribution in [2.45, 2.75) is 12.8 Å². The molecule has 1 aliphatic heterocycles. The summed E-state index contributed by atoms with van der Waals surface area (Å²) in [4.78, 5) is 6.14. The maximum absolute atomic E-state index is 13.1. The van der Waals surface area contributed by atoms with Gasteiger partial charge in [0.05, 0.1) is 6.34 Å². The van der Waals surface area contributed by atoms with E-state index in [4.69, 9.17) is 0 Å². The van der Waals surface area contributed by atoms with Gasteiger partial charge in [-0.15, -0.1) is 0 Å². The Labute approximate surface area is 99.8 Å². The number of hydrogen-bond donors (Lipinski definition) is 0. The molecule has 0 bridgehead atoms. The van der Waals surface area contributed by atoms with Crippen molar-refractivity contribution < 1.29 is 4.39 Å². The number of aliphatic imine (C=N–C) groups is 1. The molecule has 0 unspecified atom stereocenters. The minimum Gasteiger partial charge on any atom is -0.335 e. The third kappa shape index (κ3) is 2.00. The first-order valence-corrected chi connectivity index (χ1v) is 5.76. The van der Waals surface area contributed by atoms with Crippen LogP contribution in [0.2, 0.25) is 0 Å². The zero-order valence-electron chi connectivity index (χ0n) is 9.44. The van der Waals surface area contributed by atoms with Crippen LogP contribution in [0.1, 0.15) is 17.5 Å². The Morgan fingerprint density at radius 1 is 1.29 bits per heavy atom. The molecule has 0 aromatic heterocycles. The van der Waals surface area contributed by atoms with Crippen molar-refractivity contribution in [1.29, 1.82) is 0 Å². The first kappa shape index (κ1) is 10.3. The van der Waals surface area contributed by atoms with Crippen LogP contribution in [0.25, 0.3) is 5.57 Å². The molecule has 1 aromatic rings. The van der Waals surface area contributed by atoms with Gasteiger partial charge in [-0.05, 0) is 47.8 Å². The highest BCUT2D eigenvalue weighted by Gasteiger charge is 2.17. The molecule has 0 fully saturated rings. The van der Waals surface area contributed by atoms with Crippen molar-refractivity contribution in [3.8, 4) is 0 Å². The van der Waals surface area contributed by atoms with Gasteiger partial charge in [0.25, 0.3) is 0 Å². The van der Waals surface area contributed by atoms with Gasteiger partial charge >= 0.3 is 0 Å². The molecule has 0 spiro atoms. The summed E-state index contributed by atoms with van der Waals surface area (Å²) in [6.45, 7) is 0.851. The second-order valence-electron chi connectivity index (χ2n) is 4.30. The van der Waals surface area contributed by atoms with Gasteiger partial charge in [-0.2, -0.15) is 0 Å². The number of benzene rings is 1. The first-order chi connectivity index (χ1) is 8.33. The average Bonchev–Trinajstić information content (AvgIpc) is 2.73. The molecule has 0 radical (unpaired) electrons. The lowest BCUT2D eigenvalue weighted by atomic mass is 10.1. The summed E-state index contributed by atoms with van der Waals surface area (Å²) < 4.78 is 13.1. The highest BCUT2D eigenvalue weighted by atomic mass is 19.1. The zero-order chi connectivity index (χ0) is 11.7. The molecule has 3 heteroatoms. The lowest BCUT2D eigenvalue weighted by molar-refractivity contribution is 0.626. The van der Waals surface area contributed by atoms with Crippen LogP contribution in [0.15, 0.2) is 41.7 Å². The number of rotatable bonds is 1. The molecule has 3 rings (SSSR count). The minimum absolute atomic E-state index is 0.146. The van der Waals surface area contributed by atoms with Gasteiger partial charge < -0.3 is 4.90 Å². The predicted octanol–water partition coefficient (Wildman–Crippen LogP) is 2.97. The molecular formula is C14H13FN2. The molecule has 2 aliphatic rings. The van der Waals surface area contributed by atoms with E-state index < -0.39 is 0 Å². The number of nitrogens with zero attached hydrogens (tertiary/aromatic N) is 2. The Balaban J connectivity index is 1.90. The van der Waals surface area contributed by atoms with Crippen LogP contribution in [-0.4, -0.2) is 17.8 Å². The van der Waals surface area contributed by atoms with E-state index in [1.165, 1.54) is 17.2 Å². The molecular weight excluding hydrogens is 215 g/mol. The van der Waals surface area contributed by atoms with Gasteiger partial charge in [-0.1, -0.05) is 6.07 Å². The van der Waals surface area contributed by atoms with Crippen LogP contribution in [0.3, 0.4) is 0 Å². The maximum Gasteiger partial charge on any atom is 0.123 e. The third-order valence-electron chi connectivity index (χ3n) is 3.12. The maximum atomic E-state index is 13.1. The summed E-state index contributed by atoms with van der Waals surface area (Å²) in [5.74, 6) is -0.146. The number of fused-ring (bicyclic) bond motifs is 1. The molecule has 2 nitrogen and oxygen atoms in total. The lowest BCUT2D eigenvalue weighted by Crippen LogP contribution is -2.17. The summed E-state index contributed by atoms with van der Waals surface area (Å²) in [5.41, 5.74) is 3.55. The fourth-order valence-electron chi connectivity index (χ4n) is 2.31. The number of allylic oxidation sites excluding steroid dienone is 1. The lowest BCUT2D eigenvalue weighted by Gasteiger charge is -2.15.